The zero-order chi connectivity index (χ0) is 15.3. The molecule has 1 unspecified atom stereocenters. The second kappa shape index (κ2) is 7.97. The quantitative estimate of drug-likeness (QED) is 0.772. The maximum absolute atomic E-state index is 12.2. The summed E-state index contributed by atoms with van der Waals surface area (Å²) >= 11 is 4.06. The highest BCUT2D eigenvalue weighted by Crippen LogP contribution is 2.34. The second-order valence-corrected chi connectivity index (χ2v) is 9.45. The molecular formula is C15H27NO3S2. The Bertz CT molecular complexity index is 340. The standard InChI is InChI=1S/C15H27NO3S2/c1-15(2,3)19-14(17)16-6-4-7-18-12(11-16)10-13-20-8-5-9-21-13/h12-13H,4-11H2,1-3H3. The lowest BCUT2D eigenvalue weighted by atomic mass is 10.2. The topological polar surface area (TPSA) is 38.8 Å². The number of thioether (sulfide) groups is 2. The van der Waals surface area contributed by atoms with E-state index in [0.717, 1.165) is 26.0 Å². The average Bonchev–Trinajstić information content (AvgIpc) is 2.64. The van der Waals surface area contributed by atoms with Gasteiger partial charge in [0, 0.05) is 13.2 Å². The summed E-state index contributed by atoms with van der Waals surface area (Å²) in [4.78, 5) is 14.1. The normalized spacial score (nSPS) is 25.5. The monoisotopic (exact) mass is 333 g/mol. The fourth-order valence-electron chi connectivity index (χ4n) is 2.42. The van der Waals surface area contributed by atoms with E-state index in [4.69, 9.17) is 9.47 Å². The van der Waals surface area contributed by atoms with Crippen molar-refractivity contribution in [3.05, 3.63) is 0 Å². The van der Waals surface area contributed by atoms with Gasteiger partial charge in [-0.3, -0.25) is 0 Å². The molecule has 122 valence electrons. The Hall–Kier alpha value is -0.0700. The lowest BCUT2D eigenvalue weighted by Crippen LogP contribution is -2.41. The maximum Gasteiger partial charge on any atom is 0.410 e. The van der Waals surface area contributed by atoms with Crippen molar-refractivity contribution in [2.45, 2.75) is 56.3 Å². The van der Waals surface area contributed by atoms with Crippen LogP contribution in [0.15, 0.2) is 0 Å². The molecule has 0 aromatic heterocycles. The molecule has 1 atom stereocenters. The first-order valence-electron chi connectivity index (χ1n) is 7.77. The number of amides is 1. The Labute approximate surface area is 136 Å². The third-order valence-electron chi connectivity index (χ3n) is 3.35. The highest BCUT2D eigenvalue weighted by atomic mass is 32.2. The predicted octanol–water partition coefficient (Wildman–Crippen LogP) is 3.60. The Morgan fingerprint density at radius 3 is 2.67 bits per heavy atom. The summed E-state index contributed by atoms with van der Waals surface area (Å²) in [7, 11) is 0. The van der Waals surface area contributed by atoms with Gasteiger partial charge in [0.25, 0.3) is 0 Å². The molecule has 4 nitrogen and oxygen atoms in total. The summed E-state index contributed by atoms with van der Waals surface area (Å²) in [6.45, 7) is 7.86. The molecule has 21 heavy (non-hydrogen) atoms. The Kier molecular flexibility index (Phi) is 6.56. The van der Waals surface area contributed by atoms with Crippen LogP contribution in [-0.4, -0.2) is 58.5 Å². The number of rotatable bonds is 2. The molecule has 2 saturated heterocycles. The maximum atomic E-state index is 12.2. The molecule has 0 bridgehead atoms. The summed E-state index contributed by atoms with van der Waals surface area (Å²) < 4.78 is 12.0. The fraction of sp³-hybridized carbons (Fsp3) is 0.933. The second-order valence-electron chi connectivity index (χ2n) is 6.53. The van der Waals surface area contributed by atoms with E-state index in [0.29, 0.717) is 11.1 Å². The summed E-state index contributed by atoms with van der Waals surface area (Å²) in [5, 5.41) is 0. The predicted molar refractivity (Wildman–Crippen MR) is 90.1 cm³/mol. The van der Waals surface area contributed by atoms with E-state index in [1.165, 1.54) is 17.9 Å². The first kappa shape index (κ1) is 17.3. The van der Waals surface area contributed by atoms with Crippen LogP contribution >= 0.6 is 23.5 Å². The Morgan fingerprint density at radius 1 is 1.29 bits per heavy atom. The van der Waals surface area contributed by atoms with Crippen molar-refractivity contribution in [2.75, 3.05) is 31.2 Å². The largest absolute Gasteiger partial charge is 0.444 e. The number of hydrogen-bond acceptors (Lipinski definition) is 5. The number of ether oxygens (including phenoxy) is 2. The van der Waals surface area contributed by atoms with E-state index in [2.05, 4.69) is 0 Å². The zero-order valence-electron chi connectivity index (χ0n) is 13.3. The first-order chi connectivity index (χ1) is 9.94. The van der Waals surface area contributed by atoms with Gasteiger partial charge >= 0.3 is 6.09 Å². The highest BCUT2D eigenvalue weighted by molar-refractivity contribution is 8.17. The molecule has 2 aliphatic rings. The molecule has 2 rings (SSSR count). The molecule has 0 aromatic carbocycles. The van der Waals surface area contributed by atoms with Gasteiger partial charge in [-0.1, -0.05) is 0 Å². The van der Waals surface area contributed by atoms with Crippen LogP contribution in [0.25, 0.3) is 0 Å². The van der Waals surface area contributed by atoms with Crippen LogP contribution in [0.4, 0.5) is 4.79 Å². The van der Waals surface area contributed by atoms with Gasteiger partial charge in [0.15, 0.2) is 0 Å². The molecule has 2 aliphatic heterocycles. The van der Waals surface area contributed by atoms with Crippen molar-refractivity contribution in [3.63, 3.8) is 0 Å². The van der Waals surface area contributed by atoms with Gasteiger partial charge in [-0.25, -0.2) is 4.79 Å². The molecule has 0 radical (unpaired) electrons. The summed E-state index contributed by atoms with van der Waals surface area (Å²) in [5.41, 5.74) is -0.436. The number of carbonyl (C=O) groups excluding carboxylic acids is 1. The van der Waals surface area contributed by atoms with E-state index < -0.39 is 5.60 Å². The fourth-order valence-corrected chi connectivity index (χ4v) is 5.41. The van der Waals surface area contributed by atoms with Gasteiger partial charge in [0.1, 0.15) is 5.60 Å². The average molecular weight is 334 g/mol. The van der Waals surface area contributed by atoms with Crippen molar-refractivity contribution in [1.82, 2.24) is 4.90 Å². The summed E-state index contributed by atoms with van der Waals surface area (Å²) in [6, 6.07) is 0. The van der Waals surface area contributed by atoms with Crippen molar-refractivity contribution in [2.24, 2.45) is 0 Å². The van der Waals surface area contributed by atoms with Crippen LogP contribution < -0.4 is 0 Å². The first-order valence-corrected chi connectivity index (χ1v) is 9.86. The SMILES string of the molecule is CC(C)(C)OC(=O)N1CCCOC(CC2SCCCS2)C1. The minimum Gasteiger partial charge on any atom is -0.444 e. The van der Waals surface area contributed by atoms with Crippen LogP contribution in [0.2, 0.25) is 0 Å². The van der Waals surface area contributed by atoms with Gasteiger partial charge in [-0.2, -0.15) is 0 Å². The van der Waals surface area contributed by atoms with Crippen LogP contribution in [0.3, 0.4) is 0 Å². The van der Waals surface area contributed by atoms with Gasteiger partial charge in [0.05, 0.1) is 17.2 Å². The molecule has 6 heteroatoms. The smallest absolute Gasteiger partial charge is 0.410 e. The summed E-state index contributed by atoms with van der Waals surface area (Å²) in [5.74, 6) is 2.50. The molecule has 1 amide bonds. The number of nitrogens with zero attached hydrogens (tertiary/aromatic N) is 1. The van der Waals surface area contributed by atoms with Gasteiger partial charge in [-0.15, -0.1) is 23.5 Å². The van der Waals surface area contributed by atoms with E-state index in [1.54, 1.807) is 0 Å². The van der Waals surface area contributed by atoms with E-state index in [9.17, 15) is 4.79 Å². The van der Waals surface area contributed by atoms with Crippen LogP contribution in [0.5, 0.6) is 0 Å². The lowest BCUT2D eigenvalue weighted by molar-refractivity contribution is 0.0136. The third kappa shape index (κ3) is 6.28. The molecule has 0 N–H and O–H groups in total. The Balaban J connectivity index is 1.86. The summed E-state index contributed by atoms with van der Waals surface area (Å²) in [6.07, 6.45) is 3.15. The lowest BCUT2D eigenvalue weighted by Gasteiger charge is -2.29. The van der Waals surface area contributed by atoms with Crippen LogP contribution in [0, 0.1) is 0 Å². The minimum atomic E-state index is -0.436. The molecule has 2 fully saturated rings. The van der Waals surface area contributed by atoms with E-state index >= 15 is 0 Å². The highest BCUT2D eigenvalue weighted by Gasteiger charge is 2.29. The van der Waals surface area contributed by atoms with Crippen LogP contribution in [-0.2, 0) is 9.47 Å². The van der Waals surface area contributed by atoms with Crippen molar-refractivity contribution in [1.29, 1.82) is 0 Å². The van der Waals surface area contributed by atoms with E-state index in [1.807, 2.05) is 49.2 Å². The van der Waals surface area contributed by atoms with Crippen molar-refractivity contribution >= 4 is 29.6 Å². The van der Waals surface area contributed by atoms with E-state index in [-0.39, 0.29) is 12.2 Å². The van der Waals surface area contributed by atoms with Gasteiger partial charge in [-0.05, 0) is 51.5 Å². The number of carbonyl (C=O) groups is 1. The molecule has 0 spiro atoms. The van der Waals surface area contributed by atoms with Gasteiger partial charge in [0.2, 0.25) is 0 Å². The molecule has 0 aromatic rings. The Morgan fingerprint density at radius 2 is 2.00 bits per heavy atom. The van der Waals surface area contributed by atoms with Gasteiger partial charge < -0.3 is 14.4 Å². The molecule has 0 aliphatic carbocycles. The zero-order valence-corrected chi connectivity index (χ0v) is 14.9. The molecular weight excluding hydrogens is 306 g/mol. The van der Waals surface area contributed by atoms with Crippen LogP contribution in [0.1, 0.15) is 40.0 Å². The van der Waals surface area contributed by atoms with Crippen molar-refractivity contribution in [3.8, 4) is 0 Å². The third-order valence-corrected chi connectivity index (χ3v) is 6.35. The number of hydrogen-bond donors (Lipinski definition) is 0. The minimum absolute atomic E-state index is 0.142. The molecule has 0 saturated carbocycles. The molecule has 2 heterocycles. The van der Waals surface area contributed by atoms with Crippen molar-refractivity contribution < 1.29 is 14.3 Å².